The van der Waals surface area contributed by atoms with Crippen molar-refractivity contribution in [1.29, 1.82) is 0 Å². The summed E-state index contributed by atoms with van der Waals surface area (Å²) < 4.78 is 0. The van der Waals surface area contributed by atoms with Crippen LogP contribution in [0.3, 0.4) is 0 Å². The van der Waals surface area contributed by atoms with E-state index in [-0.39, 0.29) is 12.8 Å². The lowest BCUT2D eigenvalue weighted by molar-refractivity contribution is -0.138. The summed E-state index contributed by atoms with van der Waals surface area (Å²) in [6.45, 7) is 5.98. The molecule has 1 unspecified atom stereocenters. The van der Waals surface area contributed by atoms with Crippen molar-refractivity contribution in [2.45, 2.75) is 45.1 Å². The van der Waals surface area contributed by atoms with Crippen LogP contribution in [0.2, 0.25) is 0 Å². The number of hydrogen-bond acceptors (Lipinski definition) is 4. The van der Waals surface area contributed by atoms with Gasteiger partial charge in [0.25, 0.3) is 0 Å². The lowest BCUT2D eigenvalue weighted by Crippen LogP contribution is -2.49. The number of hydrogen-bond donors (Lipinski definition) is 2. The van der Waals surface area contributed by atoms with Crippen LogP contribution in [0.1, 0.15) is 39.0 Å². The van der Waals surface area contributed by atoms with Crippen molar-refractivity contribution in [3.05, 3.63) is 0 Å². The number of nitrogens with zero attached hydrogens (tertiary/aromatic N) is 2. The lowest BCUT2D eigenvalue weighted by Gasteiger charge is -2.39. The monoisotopic (exact) mass is 286 g/mol. The standard InChI is InChI=1S/C14H26N2O4/c1-2-7-16(10-6-14(19)20)12-4-3-8-15(11-12)9-5-13(17)18/h12H,2-11H2,1H3,(H,17,18)(H,19,20). The number of carboxylic acids is 2. The third-order valence-corrected chi connectivity index (χ3v) is 3.76. The van der Waals surface area contributed by atoms with E-state index in [2.05, 4.69) is 16.7 Å². The van der Waals surface area contributed by atoms with E-state index >= 15 is 0 Å². The summed E-state index contributed by atoms with van der Waals surface area (Å²) in [5.41, 5.74) is 0. The molecule has 0 aliphatic carbocycles. The molecule has 0 saturated carbocycles. The Balaban J connectivity index is 2.47. The van der Waals surface area contributed by atoms with Crippen LogP contribution in [-0.4, -0.2) is 70.7 Å². The van der Waals surface area contributed by atoms with E-state index < -0.39 is 11.9 Å². The fourth-order valence-corrected chi connectivity index (χ4v) is 2.79. The minimum Gasteiger partial charge on any atom is -0.481 e. The molecule has 1 heterocycles. The molecule has 1 aliphatic heterocycles. The number of carboxylic acid groups (broad SMARTS) is 2. The first-order valence-corrected chi connectivity index (χ1v) is 7.43. The zero-order valence-electron chi connectivity index (χ0n) is 12.3. The second kappa shape index (κ2) is 8.92. The highest BCUT2D eigenvalue weighted by Gasteiger charge is 2.25. The van der Waals surface area contributed by atoms with Crippen molar-refractivity contribution in [2.24, 2.45) is 0 Å². The van der Waals surface area contributed by atoms with Crippen molar-refractivity contribution in [2.75, 3.05) is 32.7 Å². The predicted octanol–water partition coefficient (Wildman–Crippen LogP) is 1.11. The van der Waals surface area contributed by atoms with Crippen LogP contribution in [0.15, 0.2) is 0 Å². The highest BCUT2D eigenvalue weighted by Crippen LogP contribution is 2.17. The van der Waals surface area contributed by atoms with Crippen LogP contribution in [-0.2, 0) is 9.59 Å². The normalized spacial score (nSPS) is 20.2. The molecule has 0 aromatic rings. The zero-order valence-corrected chi connectivity index (χ0v) is 12.3. The molecule has 0 aromatic heterocycles. The molecule has 1 atom stereocenters. The first-order valence-electron chi connectivity index (χ1n) is 7.43. The minimum atomic E-state index is -0.761. The van der Waals surface area contributed by atoms with E-state index in [1.165, 1.54) is 0 Å². The molecule has 6 heteroatoms. The van der Waals surface area contributed by atoms with Crippen molar-refractivity contribution in [3.8, 4) is 0 Å². The van der Waals surface area contributed by atoms with Crippen molar-refractivity contribution in [3.63, 3.8) is 0 Å². The molecule has 0 amide bonds. The lowest BCUT2D eigenvalue weighted by atomic mass is 10.0. The molecule has 0 spiro atoms. The minimum absolute atomic E-state index is 0.172. The Kier molecular flexibility index (Phi) is 7.54. The van der Waals surface area contributed by atoms with Gasteiger partial charge in [-0.2, -0.15) is 0 Å². The average Bonchev–Trinajstić information content (AvgIpc) is 2.41. The maximum Gasteiger partial charge on any atom is 0.304 e. The quantitative estimate of drug-likeness (QED) is 0.661. The first kappa shape index (κ1) is 16.9. The van der Waals surface area contributed by atoms with Gasteiger partial charge in [0.05, 0.1) is 12.8 Å². The molecule has 0 aromatic carbocycles. The molecular formula is C14H26N2O4. The highest BCUT2D eigenvalue weighted by molar-refractivity contribution is 5.67. The van der Waals surface area contributed by atoms with E-state index in [9.17, 15) is 9.59 Å². The number of carbonyl (C=O) groups is 2. The van der Waals surface area contributed by atoms with Crippen LogP contribution >= 0.6 is 0 Å². The zero-order chi connectivity index (χ0) is 15.0. The van der Waals surface area contributed by atoms with E-state index in [0.29, 0.717) is 19.1 Å². The van der Waals surface area contributed by atoms with E-state index in [1.54, 1.807) is 0 Å². The van der Waals surface area contributed by atoms with Gasteiger partial charge in [-0.15, -0.1) is 0 Å². The fraction of sp³-hybridized carbons (Fsp3) is 0.857. The number of rotatable bonds is 9. The van der Waals surface area contributed by atoms with Crippen LogP contribution in [0, 0.1) is 0 Å². The molecule has 1 rings (SSSR count). The van der Waals surface area contributed by atoms with Crippen molar-refractivity contribution < 1.29 is 19.8 Å². The second-order valence-corrected chi connectivity index (χ2v) is 5.42. The molecule has 1 fully saturated rings. The van der Waals surface area contributed by atoms with Crippen molar-refractivity contribution >= 4 is 11.9 Å². The molecule has 1 saturated heterocycles. The molecular weight excluding hydrogens is 260 g/mol. The Bertz CT molecular complexity index is 322. The predicted molar refractivity (Wildman–Crippen MR) is 75.8 cm³/mol. The first-order chi connectivity index (χ1) is 9.52. The Morgan fingerprint density at radius 1 is 1.20 bits per heavy atom. The van der Waals surface area contributed by atoms with Gasteiger partial charge in [0.2, 0.25) is 0 Å². The summed E-state index contributed by atoms with van der Waals surface area (Å²) in [6, 6.07) is 0.358. The van der Waals surface area contributed by atoms with Gasteiger partial charge >= 0.3 is 11.9 Å². The average molecular weight is 286 g/mol. The maximum absolute atomic E-state index is 10.7. The van der Waals surface area contributed by atoms with Crippen LogP contribution < -0.4 is 0 Å². The summed E-state index contributed by atoms with van der Waals surface area (Å²) in [5.74, 6) is -1.52. The van der Waals surface area contributed by atoms with E-state index in [4.69, 9.17) is 10.2 Å². The third kappa shape index (κ3) is 6.34. The summed E-state index contributed by atoms with van der Waals surface area (Å²) >= 11 is 0. The Hall–Kier alpha value is -1.14. The molecule has 0 bridgehead atoms. The molecule has 0 radical (unpaired) electrons. The highest BCUT2D eigenvalue weighted by atomic mass is 16.4. The maximum atomic E-state index is 10.7. The number of aliphatic carboxylic acids is 2. The molecule has 2 N–H and O–H groups in total. The largest absolute Gasteiger partial charge is 0.481 e. The molecule has 6 nitrogen and oxygen atoms in total. The second-order valence-electron chi connectivity index (χ2n) is 5.42. The van der Waals surface area contributed by atoms with Crippen molar-refractivity contribution in [1.82, 2.24) is 9.80 Å². The summed E-state index contributed by atoms with van der Waals surface area (Å²) in [4.78, 5) is 25.8. The van der Waals surface area contributed by atoms with Crippen LogP contribution in [0.5, 0.6) is 0 Å². The van der Waals surface area contributed by atoms with Gasteiger partial charge in [-0.05, 0) is 32.4 Å². The fourth-order valence-electron chi connectivity index (χ4n) is 2.79. The summed E-state index contributed by atoms with van der Waals surface area (Å²) in [5, 5.41) is 17.6. The Morgan fingerprint density at radius 2 is 1.90 bits per heavy atom. The van der Waals surface area contributed by atoms with Gasteiger partial charge in [0, 0.05) is 25.7 Å². The van der Waals surface area contributed by atoms with Gasteiger partial charge < -0.3 is 15.1 Å². The van der Waals surface area contributed by atoms with Gasteiger partial charge in [-0.3, -0.25) is 14.5 Å². The Morgan fingerprint density at radius 3 is 2.50 bits per heavy atom. The topological polar surface area (TPSA) is 81.1 Å². The van der Waals surface area contributed by atoms with Crippen LogP contribution in [0.4, 0.5) is 0 Å². The molecule has 1 aliphatic rings. The third-order valence-electron chi connectivity index (χ3n) is 3.76. The SMILES string of the molecule is CCCN(CCC(=O)O)C1CCCN(CCC(=O)O)C1. The van der Waals surface area contributed by atoms with E-state index in [1.807, 2.05) is 0 Å². The van der Waals surface area contributed by atoms with Crippen LogP contribution in [0.25, 0.3) is 0 Å². The molecule has 116 valence electrons. The smallest absolute Gasteiger partial charge is 0.304 e. The molecule has 20 heavy (non-hydrogen) atoms. The van der Waals surface area contributed by atoms with Gasteiger partial charge in [0.15, 0.2) is 0 Å². The number of likely N-dealkylation sites (tertiary alicyclic amines) is 1. The Labute approximate surface area is 120 Å². The van der Waals surface area contributed by atoms with E-state index in [0.717, 1.165) is 38.9 Å². The summed E-state index contributed by atoms with van der Waals surface area (Å²) in [7, 11) is 0. The summed E-state index contributed by atoms with van der Waals surface area (Å²) in [6.07, 6.45) is 3.48. The number of piperidine rings is 1. The van der Waals surface area contributed by atoms with Gasteiger partial charge in [0.1, 0.15) is 0 Å². The van der Waals surface area contributed by atoms with Gasteiger partial charge in [-0.1, -0.05) is 6.92 Å². The van der Waals surface area contributed by atoms with Gasteiger partial charge in [-0.25, -0.2) is 0 Å².